The lowest BCUT2D eigenvalue weighted by Crippen LogP contribution is -2.11. The molecule has 0 fully saturated rings. The third-order valence-electron chi connectivity index (χ3n) is 2.72. The summed E-state index contributed by atoms with van der Waals surface area (Å²) in [7, 11) is 0. The van der Waals surface area contributed by atoms with Gasteiger partial charge in [0.2, 0.25) is 0 Å². The highest BCUT2D eigenvalue weighted by molar-refractivity contribution is 5.87. The molecule has 0 heterocycles. The van der Waals surface area contributed by atoms with Gasteiger partial charge < -0.3 is 0 Å². The molecule has 0 radical (unpaired) electrons. The molecule has 96 valence electrons. The van der Waals surface area contributed by atoms with Crippen LogP contribution >= 0.6 is 0 Å². The van der Waals surface area contributed by atoms with Gasteiger partial charge in [-0.2, -0.15) is 0 Å². The fourth-order valence-electron chi connectivity index (χ4n) is 1.85. The predicted molar refractivity (Wildman–Crippen MR) is 76.3 cm³/mol. The van der Waals surface area contributed by atoms with Gasteiger partial charge in [-0.3, -0.25) is 4.79 Å². The first kappa shape index (κ1) is 14.5. The molecule has 1 aromatic carbocycles. The average molecular weight is 242 g/mol. The Labute approximate surface area is 111 Å². The number of carbonyl (C=O) groups excluding carboxylic acids is 1. The highest BCUT2D eigenvalue weighted by Crippen LogP contribution is 2.21. The van der Waals surface area contributed by atoms with Gasteiger partial charge in [-0.25, -0.2) is 0 Å². The molecule has 18 heavy (non-hydrogen) atoms. The molecule has 0 N–H and O–H groups in total. The lowest BCUT2D eigenvalue weighted by Gasteiger charge is -2.12. The second-order valence-corrected chi connectivity index (χ2v) is 5.57. The molecule has 1 nitrogen and oxygen atoms in total. The number of carbonyl (C=O) groups is 1. The molecule has 1 aromatic rings. The van der Waals surface area contributed by atoms with Crippen LogP contribution in [0.25, 0.3) is 0 Å². The van der Waals surface area contributed by atoms with E-state index >= 15 is 0 Å². The van der Waals surface area contributed by atoms with Gasteiger partial charge in [0.25, 0.3) is 0 Å². The third kappa shape index (κ3) is 4.75. The summed E-state index contributed by atoms with van der Waals surface area (Å²) < 4.78 is 0. The Balaban J connectivity index is 2.72. The average Bonchev–Trinajstić information content (AvgIpc) is 2.29. The number of hydrogen-bond acceptors (Lipinski definition) is 1. The molecule has 0 spiro atoms. The normalized spacial score (nSPS) is 12.4. The van der Waals surface area contributed by atoms with E-state index in [0.29, 0.717) is 6.42 Å². The van der Waals surface area contributed by atoms with Crippen molar-refractivity contribution in [3.8, 4) is 11.8 Å². The molecule has 1 heteroatoms. The summed E-state index contributed by atoms with van der Waals surface area (Å²) in [6.45, 7) is 8.21. The first-order chi connectivity index (χ1) is 8.44. The number of rotatable bonds is 4. The fourth-order valence-corrected chi connectivity index (χ4v) is 1.85. The second kappa shape index (κ2) is 6.40. The zero-order chi connectivity index (χ0) is 13.6. The first-order valence-electron chi connectivity index (χ1n) is 6.51. The zero-order valence-electron chi connectivity index (χ0n) is 11.8. The Morgan fingerprint density at radius 2 is 1.83 bits per heavy atom. The molecule has 0 bridgehead atoms. The SMILES string of the molecule is CCC(C(=O)CC#CC(C)(C)C)c1ccccc1. The summed E-state index contributed by atoms with van der Waals surface area (Å²) in [5.41, 5.74) is 1.07. The Hall–Kier alpha value is -1.55. The van der Waals surface area contributed by atoms with Crippen LogP contribution in [-0.4, -0.2) is 5.78 Å². The van der Waals surface area contributed by atoms with Crippen LogP contribution in [0.3, 0.4) is 0 Å². The molecule has 1 atom stereocenters. The maximum absolute atomic E-state index is 12.2. The molecule has 0 aliphatic rings. The molecule has 1 rings (SSSR count). The minimum atomic E-state index is -0.0330. The Bertz CT molecular complexity index is 440. The van der Waals surface area contributed by atoms with Crippen molar-refractivity contribution in [1.29, 1.82) is 0 Å². The summed E-state index contributed by atoms with van der Waals surface area (Å²) >= 11 is 0. The van der Waals surface area contributed by atoms with Crippen molar-refractivity contribution in [1.82, 2.24) is 0 Å². The second-order valence-electron chi connectivity index (χ2n) is 5.57. The van der Waals surface area contributed by atoms with Crippen molar-refractivity contribution >= 4 is 5.78 Å². The van der Waals surface area contributed by atoms with Gasteiger partial charge >= 0.3 is 0 Å². The Kier molecular flexibility index (Phi) is 5.16. The maximum Gasteiger partial charge on any atom is 0.152 e. The van der Waals surface area contributed by atoms with Gasteiger partial charge in [0.15, 0.2) is 5.78 Å². The summed E-state index contributed by atoms with van der Waals surface area (Å²) in [6.07, 6.45) is 1.19. The largest absolute Gasteiger partial charge is 0.298 e. The zero-order valence-corrected chi connectivity index (χ0v) is 11.8. The highest BCUT2D eigenvalue weighted by Gasteiger charge is 2.17. The predicted octanol–water partition coefficient (Wildman–Crippen LogP) is 4.19. The van der Waals surface area contributed by atoms with Gasteiger partial charge in [-0.15, -0.1) is 0 Å². The van der Waals surface area contributed by atoms with E-state index in [4.69, 9.17) is 0 Å². The van der Waals surface area contributed by atoms with Gasteiger partial charge in [0.05, 0.1) is 6.42 Å². The lowest BCUT2D eigenvalue weighted by molar-refractivity contribution is -0.119. The Morgan fingerprint density at radius 3 is 2.33 bits per heavy atom. The van der Waals surface area contributed by atoms with Crippen LogP contribution in [0.4, 0.5) is 0 Å². The molecule has 0 aliphatic carbocycles. The van der Waals surface area contributed by atoms with E-state index in [0.717, 1.165) is 12.0 Å². The fraction of sp³-hybridized carbons (Fsp3) is 0.471. The van der Waals surface area contributed by atoms with Crippen molar-refractivity contribution < 1.29 is 4.79 Å². The smallest absolute Gasteiger partial charge is 0.152 e. The van der Waals surface area contributed by atoms with E-state index in [1.54, 1.807) is 0 Å². The standard InChI is InChI=1S/C17H22O/c1-5-15(14-10-7-6-8-11-14)16(18)12-9-13-17(2,3)4/h6-8,10-11,15H,5,12H2,1-4H3. The number of benzene rings is 1. The Morgan fingerprint density at radius 1 is 1.22 bits per heavy atom. The van der Waals surface area contributed by atoms with Gasteiger partial charge in [-0.1, -0.05) is 49.1 Å². The third-order valence-corrected chi connectivity index (χ3v) is 2.72. The van der Waals surface area contributed by atoms with Crippen LogP contribution in [0.1, 0.15) is 52.0 Å². The summed E-state index contributed by atoms with van der Waals surface area (Å²) in [6, 6.07) is 9.96. The molecule has 0 aromatic heterocycles. The van der Waals surface area contributed by atoms with Crippen molar-refractivity contribution in [2.24, 2.45) is 5.41 Å². The van der Waals surface area contributed by atoms with E-state index in [9.17, 15) is 4.79 Å². The van der Waals surface area contributed by atoms with Crippen molar-refractivity contribution in [2.75, 3.05) is 0 Å². The van der Waals surface area contributed by atoms with Crippen molar-refractivity contribution in [3.63, 3.8) is 0 Å². The van der Waals surface area contributed by atoms with Crippen LogP contribution in [-0.2, 0) is 4.79 Å². The summed E-state index contributed by atoms with van der Waals surface area (Å²) in [5.74, 6) is 6.33. The molecule has 1 unspecified atom stereocenters. The molecule has 0 amide bonds. The lowest BCUT2D eigenvalue weighted by atomic mass is 9.90. The highest BCUT2D eigenvalue weighted by atomic mass is 16.1. The molecule has 0 aliphatic heterocycles. The number of ketones is 1. The van der Waals surface area contributed by atoms with Crippen LogP contribution in [0.15, 0.2) is 30.3 Å². The molecule has 0 saturated carbocycles. The van der Waals surface area contributed by atoms with E-state index in [1.807, 2.05) is 37.3 Å². The van der Waals surface area contributed by atoms with E-state index in [-0.39, 0.29) is 17.1 Å². The number of hydrogen-bond donors (Lipinski definition) is 0. The van der Waals surface area contributed by atoms with Crippen LogP contribution < -0.4 is 0 Å². The van der Waals surface area contributed by atoms with Crippen LogP contribution in [0, 0.1) is 17.3 Å². The monoisotopic (exact) mass is 242 g/mol. The minimum Gasteiger partial charge on any atom is -0.298 e. The maximum atomic E-state index is 12.2. The molecular formula is C17H22O. The van der Waals surface area contributed by atoms with Gasteiger partial charge in [-0.05, 0) is 32.8 Å². The summed E-state index contributed by atoms with van der Waals surface area (Å²) in [5, 5.41) is 0. The first-order valence-corrected chi connectivity index (χ1v) is 6.51. The van der Waals surface area contributed by atoms with Gasteiger partial charge in [0, 0.05) is 11.3 Å². The quantitative estimate of drug-likeness (QED) is 0.724. The van der Waals surface area contributed by atoms with E-state index < -0.39 is 0 Å². The molecule has 0 saturated heterocycles. The van der Waals surface area contributed by atoms with Gasteiger partial charge in [0.1, 0.15) is 0 Å². The number of Topliss-reactive ketones (excluding diaryl/α,β-unsaturated/α-hetero) is 1. The van der Waals surface area contributed by atoms with E-state index in [1.165, 1.54) is 0 Å². The van der Waals surface area contributed by atoms with Crippen molar-refractivity contribution in [2.45, 2.75) is 46.5 Å². The minimum absolute atomic E-state index is 0.0135. The van der Waals surface area contributed by atoms with Crippen molar-refractivity contribution in [3.05, 3.63) is 35.9 Å². The topological polar surface area (TPSA) is 17.1 Å². The van der Waals surface area contributed by atoms with Crippen LogP contribution in [0.2, 0.25) is 0 Å². The van der Waals surface area contributed by atoms with E-state index in [2.05, 4.69) is 32.6 Å². The molecular weight excluding hydrogens is 220 g/mol. The summed E-state index contributed by atoms with van der Waals surface area (Å²) in [4.78, 5) is 12.2. The van der Waals surface area contributed by atoms with Crippen LogP contribution in [0.5, 0.6) is 0 Å².